The fourth-order valence-electron chi connectivity index (χ4n) is 5.02. The number of hydrogen-bond donors (Lipinski definition) is 0. The minimum absolute atomic E-state index is 0.0746. The van der Waals surface area contributed by atoms with Crippen molar-refractivity contribution in [2.24, 2.45) is 11.3 Å². The van der Waals surface area contributed by atoms with Crippen LogP contribution in [0.2, 0.25) is 0 Å². The third-order valence-electron chi connectivity index (χ3n) is 6.43. The van der Waals surface area contributed by atoms with E-state index in [1.807, 2.05) is 25.7 Å². The molecule has 0 aromatic heterocycles. The number of benzene rings is 1. The second kappa shape index (κ2) is 6.40. The van der Waals surface area contributed by atoms with Gasteiger partial charge in [0.1, 0.15) is 0 Å². The van der Waals surface area contributed by atoms with Crippen LogP contribution in [0, 0.1) is 11.3 Å². The number of nitrogens with zero attached hydrogens (tertiary/aromatic N) is 2. The van der Waals surface area contributed by atoms with E-state index in [2.05, 4.69) is 29.2 Å². The van der Waals surface area contributed by atoms with Gasteiger partial charge < -0.3 is 9.80 Å². The maximum absolute atomic E-state index is 13.2. The molecule has 1 aromatic rings. The summed E-state index contributed by atoms with van der Waals surface area (Å²) in [6.07, 6.45) is 3.89. The summed E-state index contributed by atoms with van der Waals surface area (Å²) in [7, 11) is 0. The predicted octanol–water partition coefficient (Wildman–Crippen LogP) is 3.73. The van der Waals surface area contributed by atoms with E-state index in [-0.39, 0.29) is 23.3 Å². The van der Waals surface area contributed by atoms with Gasteiger partial charge in [0.25, 0.3) is 0 Å². The van der Waals surface area contributed by atoms with Crippen LogP contribution in [0.3, 0.4) is 0 Å². The Morgan fingerprint density at radius 3 is 2.27 bits per heavy atom. The molecule has 0 spiro atoms. The summed E-state index contributed by atoms with van der Waals surface area (Å²) in [6.45, 7) is 8.20. The van der Waals surface area contributed by atoms with E-state index in [1.165, 1.54) is 17.5 Å². The van der Waals surface area contributed by atoms with Crippen LogP contribution in [0.5, 0.6) is 0 Å². The second-order valence-electron chi connectivity index (χ2n) is 9.23. The molecule has 0 N–H and O–H groups in total. The number of hydrogen-bond acceptors (Lipinski definition) is 2. The van der Waals surface area contributed by atoms with Gasteiger partial charge in [0.15, 0.2) is 0 Å². The lowest BCUT2D eigenvalue weighted by molar-refractivity contribution is -0.147. The van der Waals surface area contributed by atoms with Crippen LogP contribution < -0.4 is 0 Å². The monoisotopic (exact) mass is 354 g/mol. The summed E-state index contributed by atoms with van der Waals surface area (Å²) in [6, 6.07) is 8.92. The van der Waals surface area contributed by atoms with Crippen LogP contribution in [-0.4, -0.2) is 41.2 Å². The molecule has 0 saturated carbocycles. The quantitative estimate of drug-likeness (QED) is 0.771. The maximum Gasteiger partial charge on any atom is 0.227 e. The third-order valence-corrected chi connectivity index (χ3v) is 6.43. The van der Waals surface area contributed by atoms with Crippen LogP contribution in [0.4, 0.5) is 0 Å². The molecule has 0 radical (unpaired) electrons. The molecule has 5 rings (SSSR count). The van der Waals surface area contributed by atoms with E-state index in [0.717, 1.165) is 25.8 Å². The van der Waals surface area contributed by atoms with Gasteiger partial charge in [-0.1, -0.05) is 45.0 Å². The van der Waals surface area contributed by atoms with Gasteiger partial charge in [0.05, 0.1) is 6.04 Å². The average molecular weight is 354 g/mol. The lowest BCUT2D eigenvalue weighted by atomic mass is 9.74. The van der Waals surface area contributed by atoms with Crippen molar-refractivity contribution in [3.63, 3.8) is 0 Å². The van der Waals surface area contributed by atoms with Crippen LogP contribution in [0.25, 0.3) is 0 Å². The zero-order valence-electron chi connectivity index (χ0n) is 16.2. The molecule has 2 amide bonds. The highest BCUT2D eigenvalue weighted by atomic mass is 16.2. The number of carbonyl (C=O) groups excluding carboxylic acids is 2. The highest BCUT2D eigenvalue weighted by molar-refractivity contribution is 5.83. The van der Waals surface area contributed by atoms with Crippen molar-refractivity contribution in [1.82, 2.24) is 9.80 Å². The summed E-state index contributed by atoms with van der Waals surface area (Å²) >= 11 is 0. The molecule has 0 unspecified atom stereocenters. The molecular weight excluding hydrogens is 324 g/mol. The Hall–Kier alpha value is -1.84. The molecule has 3 heterocycles. The molecule has 2 atom stereocenters. The summed E-state index contributed by atoms with van der Waals surface area (Å²) in [5.41, 5.74) is 2.48. The van der Waals surface area contributed by atoms with Crippen LogP contribution in [0.15, 0.2) is 24.3 Å². The van der Waals surface area contributed by atoms with Gasteiger partial charge in [0, 0.05) is 36.9 Å². The van der Waals surface area contributed by atoms with Crippen molar-refractivity contribution in [3.8, 4) is 0 Å². The molecule has 2 saturated heterocycles. The van der Waals surface area contributed by atoms with Gasteiger partial charge >= 0.3 is 0 Å². The minimum Gasteiger partial charge on any atom is -0.342 e. The van der Waals surface area contributed by atoms with Gasteiger partial charge in [-0.3, -0.25) is 9.59 Å². The van der Waals surface area contributed by atoms with Crippen molar-refractivity contribution in [1.29, 1.82) is 0 Å². The van der Waals surface area contributed by atoms with E-state index in [1.54, 1.807) is 0 Å². The number of piperidine rings is 2. The van der Waals surface area contributed by atoms with Crippen molar-refractivity contribution < 1.29 is 9.59 Å². The Morgan fingerprint density at radius 1 is 0.962 bits per heavy atom. The molecule has 1 aliphatic carbocycles. The van der Waals surface area contributed by atoms with Crippen molar-refractivity contribution in [3.05, 3.63) is 35.4 Å². The third kappa shape index (κ3) is 2.93. The highest BCUT2D eigenvalue weighted by Gasteiger charge is 2.42. The number of likely N-dealkylation sites (tertiary alicyclic amines) is 1. The standard InChI is InChI=1S/C22H30N2O2/c1-22(2,3)21(26)23-12-10-15(11-13-23)20(25)24-14-16-8-9-19(24)18-7-5-4-6-17(16)18/h4-7,15-16,19H,8-14H2,1-3H3/t16-,19+/m1/s1. The Bertz CT molecular complexity index is 713. The summed E-state index contributed by atoms with van der Waals surface area (Å²) < 4.78 is 0. The first-order valence-corrected chi connectivity index (χ1v) is 10.0. The van der Waals surface area contributed by atoms with Gasteiger partial charge in [-0.25, -0.2) is 0 Å². The van der Waals surface area contributed by atoms with Gasteiger partial charge in [-0.05, 0) is 36.8 Å². The molecule has 1 aromatic carbocycles. The molecule has 4 aliphatic rings. The van der Waals surface area contributed by atoms with Crippen LogP contribution >= 0.6 is 0 Å². The lowest BCUT2D eigenvalue weighted by Gasteiger charge is -2.48. The van der Waals surface area contributed by atoms with Crippen LogP contribution in [-0.2, 0) is 9.59 Å². The van der Waals surface area contributed by atoms with E-state index in [4.69, 9.17) is 0 Å². The smallest absolute Gasteiger partial charge is 0.227 e. The van der Waals surface area contributed by atoms with Gasteiger partial charge in [-0.15, -0.1) is 0 Å². The van der Waals surface area contributed by atoms with Crippen molar-refractivity contribution in [2.75, 3.05) is 19.6 Å². The van der Waals surface area contributed by atoms with E-state index in [0.29, 0.717) is 24.9 Å². The van der Waals surface area contributed by atoms with Gasteiger partial charge in [0.2, 0.25) is 11.8 Å². The zero-order chi connectivity index (χ0) is 18.5. The minimum atomic E-state index is -0.341. The van der Waals surface area contributed by atoms with E-state index < -0.39 is 0 Å². The van der Waals surface area contributed by atoms with Crippen molar-refractivity contribution in [2.45, 2.75) is 58.4 Å². The Balaban J connectivity index is 1.43. The van der Waals surface area contributed by atoms with Crippen molar-refractivity contribution >= 4 is 11.8 Å². The predicted molar refractivity (Wildman–Crippen MR) is 102 cm³/mol. The Kier molecular flexibility index (Phi) is 4.32. The molecule has 4 nitrogen and oxygen atoms in total. The largest absolute Gasteiger partial charge is 0.342 e. The lowest BCUT2D eigenvalue weighted by Crippen LogP contribution is -2.51. The second-order valence-corrected chi connectivity index (χ2v) is 9.23. The van der Waals surface area contributed by atoms with E-state index >= 15 is 0 Å². The first kappa shape index (κ1) is 17.6. The molecule has 4 heteroatoms. The zero-order valence-corrected chi connectivity index (χ0v) is 16.2. The highest BCUT2D eigenvalue weighted by Crippen LogP contribution is 2.47. The number of rotatable bonds is 1. The molecule has 2 bridgehead atoms. The van der Waals surface area contributed by atoms with Crippen LogP contribution in [0.1, 0.15) is 69.5 Å². The topological polar surface area (TPSA) is 40.6 Å². The molecule has 140 valence electrons. The normalized spacial score (nSPS) is 26.0. The number of fused-ring (bicyclic) bond motifs is 2. The molecule has 3 aliphatic heterocycles. The number of carbonyl (C=O) groups is 2. The first-order chi connectivity index (χ1) is 12.4. The molecule has 26 heavy (non-hydrogen) atoms. The SMILES string of the molecule is CC(C)(C)C(=O)N1CCC(C(=O)N2C[C@H]3CC[C@H]2c2ccccc23)CC1. The summed E-state index contributed by atoms with van der Waals surface area (Å²) in [4.78, 5) is 29.8. The molecule has 2 fully saturated rings. The molecular formula is C22H30N2O2. The fraction of sp³-hybridized carbons (Fsp3) is 0.636. The maximum atomic E-state index is 13.2. The Morgan fingerprint density at radius 2 is 1.62 bits per heavy atom. The fourth-order valence-corrected chi connectivity index (χ4v) is 5.02. The van der Waals surface area contributed by atoms with Gasteiger partial charge in [-0.2, -0.15) is 0 Å². The Labute approximate surface area is 156 Å². The summed E-state index contributed by atoms with van der Waals surface area (Å²) in [5.74, 6) is 1.10. The summed E-state index contributed by atoms with van der Waals surface area (Å²) in [5, 5.41) is 0. The average Bonchev–Trinajstić information content (AvgIpc) is 2.67. The number of amides is 2. The first-order valence-electron chi connectivity index (χ1n) is 10.0. The van der Waals surface area contributed by atoms with E-state index in [9.17, 15) is 9.59 Å².